The van der Waals surface area contributed by atoms with Gasteiger partial charge in [0.05, 0.1) is 5.02 Å². The van der Waals surface area contributed by atoms with E-state index in [9.17, 15) is 4.39 Å². The van der Waals surface area contributed by atoms with Crippen molar-refractivity contribution >= 4 is 23.2 Å². The fraction of sp³-hybridized carbons (Fsp3) is 0.250. The minimum absolute atomic E-state index is 0.227. The second-order valence-corrected chi connectivity index (χ2v) is 5.90. The van der Waals surface area contributed by atoms with Crippen molar-refractivity contribution in [3.8, 4) is 11.5 Å². The van der Waals surface area contributed by atoms with Gasteiger partial charge in [-0.05, 0) is 48.7 Å². The van der Waals surface area contributed by atoms with Crippen molar-refractivity contribution < 1.29 is 9.13 Å². The first-order valence-corrected chi connectivity index (χ1v) is 7.52. The van der Waals surface area contributed by atoms with Crippen LogP contribution in [0.3, 0.4) is 0 Å². The van der Waals surface area contributed by atoms with Gasteiger partial charge in [0.25, 0.3) is 0 Å². The summed E-state index contributed by atoms with van der Waals surface area (Å²) in [5.74, 6) is 0.577. The molecule has 0 unspecified atom stereocenters. The number of hydrogen-bond acceptors (Lipinski definition) is 2. The quantitative estimate of drug-likeness (QED) is 0.818. The van der Waals surface area contributed by atoms with Crippen LogP contribution in [0, 0.1) is 5.82 Å². The van der Waals surface area contributed by atoms with Crippen LogP contribution in [0.2, 0.25) is 10.0 Å². The fourth-order valence-corrected chi connectivity index (χ4v) is 2.40. The fourth-order valence-electron chi connectivity index (χ4n) is 1.96. The van der Waals surface area contributed by atoms with Gasteiger partial charge < -0.3 is 10.1 Å². The van der Waals surface area contributed by atoms with E-state index in [1.54, 1.807) is 6.07 Å². The maximum absolute atomic E-state index is 13.0. The molecule has 1 fully saturated rings. The Morgan fingerprint density at radius 2 is 1.90 bits per heavy atom. The minimum atomic E-state index is -0.396. The van der Waals surface area contributed by atoms with E-state index in [4.69, 9.17) is 27.9 Å². The summed E-state index contributed by atoms with van der Waals surface area (Å²) in [5.41, 5.74) is 1.03. The molecule has 0 aliphatic heterocycles. The first-order chi connectivity index (χ1) is 10.1. The largest absolute Gasteiger partial charge is 0.456 e. The summed E-state index contributed by atoms with van der Waals surface area (Å²) in [6.45, 7) is 0.751. The Morgan fingerprint density at radius 1 is 1.10 bits per heavy atom. The number of halogens is 3. The average molecular weight is 326 g/mol. The van der Waals surface area contributed by atoms with E-state index in [2.05, 4.69) is 5.32 Å². The molecular weight excluding hydrogens is 312 g/mol. The Bertz CT molecular complexity index is 659. The minimum Gasteiger partial charge on any atom is -0.456 e. The molecule has 0 radical (unpaired) electrons. The van der Waals surface area contributed by atoms with E-state index in [1.807, 2.05) is 12.1 Å². The molecular formula is C16H14Cl2FNO. The Labute approximate surface area is 132 Å². The van der Waals surface area contributed by atoms with Gasteiger partial charge in [0.1, 0.15) is 17.3 Å². The van der Waals surface area contributed by atoms with Crippen molar-refractivity contribution in [1.82, 2.24) is 5.32 Å². The highest BCUT2D eigenvalue weighted by molar-refractivity contribution is 6.32. The van der Waals surface area contributed by atoms with E-state index in [0.717, 1.165) is 12.1 Å². The molecule has 0 aromatic heterocycles. The van der Waals surface area contributed by atoms with Gasteiger partial charge in [-0.3, -0.25) is 0 Å². The van der Waals surface area contributed by atoms with E-state index < -0.39 is 5.82 Å². The third kappa shape index (κ3) is 3.88. The molecule has 21 heavy (non-hydrogen) atoms. The van der Waals surface area contributed by atoms with Crippen molar-refractivity contribution in [2.45, 2.75) is 25.4 Å². The smallest absolute Gasteiger partial charge is 0.146 e. The second-order valence-electron chi connectivity index (χ2n) is 5.09. The molecule has 2 aromatic rings. The summed E-state index contributed by atoms with van der Waals surface area (Å²) >= 11 is 12.2. The van der Waals surface area contributed by atoms with E-state index >= 15 is 0 Å². The predicted molar refractivity (Wildman–Crippen MR) is 82.8 cm³/mol. The number of nitrogens with one attached hydrogen (secondary N) is 1. The normalized spacial score (nSPS) is 14.2. The van der Waals surface area contributed by atoms with Gasteiger partial charge >= 0.3 is 0 Å². The summed E-state index contributed by atoms with van der Waals surface area (Å²) in [4.78, 5) is 0. The Morgan fingerprint density at radius 3 is 2.57 bits per heavy atom. The van der Waals surface area contributed by atoms with Crippen molar-refractivity contribution in [3.63, 3.8) is 0 Å². The monoisotopic (exact) mass is 325 g/mol. The van der Waals surface area contributed by atoms with Gasteiger partial charge in [-0.25, -0.2) is 4.39 Å². The zero-order chi connectivity index (χ0) is 14.8. The zero-order valence-corrected chi connectivity index (χ0v) is 12.7. The number of ether oxygens (including phenoxy) is 1. The van der Waals surface area contributed by atoms with Crippen LogP contribution in [0.25, 0.3) is 0 Å². The lowest BCUT2D eigenvalue weighted by molar-refractivity contribution is 0.480. The van der Waals surface area contributed by atoms with E-state index in [0.29, 0.717) is 22.6 Å². The second kappa shape index (κ2) is 6.22. The maximum Gasteiger partial charge on any atom is 0.146 e. The molecule has 2 nitrogen and oxygen atoms in total. The summed E-state index contributed by atoms with van der Waals surface area (Å²) in [6, 6.07) is 10.1. The van der Waals surface area contributed by atoms with Crippen LogP contribution in [0.1, 0.15) is 18.4 Å². The van der Waals surface area contributed by atoms with Crippen LogP contribution in [0.15, 0.2) is 36.4 Å². The lowest BCUT2D eigenvalue weighted by Gasteiger charge is -2.10. The van der Waals surface area contributed by atoms with Crippen LogP contribution in [0.4, 0.5) is 4.39 Å². The predicted octanol–water partition coefficient (Wildman–Crippen LogP) is 5.18. The number of hydrogen-bond donors (Lipinski definition) is 1. The lowest BCUT2D eigenvalue weighted by Crippen LogP contribution is -2.15. The van der Waals surface area contributed by atoms with Gasteiger partial charge in [-0.15, -0.1) is 0 Å². The molecule has 5 heteroatoms. The van der Waals surface area contributed by atoms with Crippen molar-refractivity contribution in [3.05, 3.63) is 57.8 Å². The van der Waals surface area contributed by atoms with Gasteiger partial charge in [-0.1, -0.05) is 29.3 Å². The molecule has 0 spiro atoms. The Kier molecular flexibility index (Phi) is 4.34. The molecule has 0 amide bonds. The van der Waals surface area contributed by atoms with E-state index in [1.165, 1.54) is 31.0 Å². The van der Waals surface area contributed by atoms with Crippen LogP contribution < -0.4 is 10.1 Å². The van der Waals surface area contributed by atoms with Gasteiger partial charge in [0.15, 0.2) is 0 Å². The summed E-state index contributed by atoms with van der Waals surface area (Å²) in [7, 11) is 0. The third-order valence-corrected chi connectivity index (χ3v) is 3.95. The molecule has 0 saturated heterocycles. The molecule has 1 aliphatic rings. The molecule has 110 valence electrons. The molecule has 2 aromatic carbocycles. The Balaban J connectivity index is 1.71. The maximum atomic E-state index is 13.0. The Hall–Kier alpha value is -1.29. The van der Waals surface area contributed by atoms with Gasteiger partial charge in [0.2, 0.25) is 0 Å². The van der Waals surface area contributed by atoms with Crippen LogP contribution >= 0.6 is 23.2 Å². The highest BCUT2D eigenvalue weighted by Gasteiger charge is 2.20. The topological polar surface area (TPSA) is 21.3 Å². The summed E-state index contributed by atoms with van der Waals surface area (Å²) in [6.07, 6.45) is 2.48. The van der Waals surface area contributed by atoms with Gasteiger partial charge in [-0.2, -0.15) is 0 Å². The molecule has 3 rings (SSSR count). The van der Waals surface area contributed by atoms with Crippen LogP contribution in [-0.2, 0) is 6.54 Å². The summed E-state index contributed by atoms with van der Waals surface area (Å²) < 4.78 is 18.6. The molecule has 0 atom stereocenters. The van der Waals surface area contributed by atoms with Crippen molar-refractivity contribution in [2.75, 3.05) is 0 Å². The molecule has 1 aliphatic carbocycles. The van der Waals surface area contributed by atoms with E-state index in [-0.39, 0.29) is 5.02 Å². The average Bonchev–Trinajstić information content (AvgIpc) is 3.25. The molecule has 0 heterocycles. The zero-order valence-electron chi connectivity index (χ0n) is 11.2. The standard InChI is InChI=1S/C16H14Cl2FNO/c17-14-8-13(5-1-10(14)9-20-12-3-4-12)21-16-6-2-11(19)7-15(16)18/h1-2,5-8,12,20H,3-4,9H2. The number of benzene rings is 2. The van der Waals surface area contributed by atoms with Crippen molar-refractivity contribution in [2.24, 2.45) is 0 Å². The van der Waals surface area contributed by atoms with Crippen LogP contribution in [-0.4, -0.2) is 6.04 Å². The molecule has 0 bridgehead atoms. The summed E-state index contributed by atoms with van der Waals surface area (Å²) in [5, 5.41) is 4.28. The SMILES string of the molecule is Fc1ccc(Oc2ccc(CNC3CC3)c(Cl)c2)c(Cl)c1. The third-order valence-electron chi connectivity index (χ3n) is 3.30. The molecule has 1 saturated carbocycles. The highest BCUT2D eigenvalue weighted by atomic mass is 35.5. The van der Waals surface area contributed by atoms with Crippen LogP contribution in [0.5, 0.6) is 11.5 Å². The number of rotatable bonds is 5. The first kappa shape index (κ1) is 14.6. The van der Waals surface area contributed by atoms with Gasteiger partial charge in [0, 0.05) is 17.6 Å². The highest BCUT2D eigenvalue weighted by Crippen LogP contribution is 2.32. The lowest BCUT2D eigenvalue weighted by atomic mass is 10.2. The molecule has 1 N–H and O–H groups in total. The van der Waals surface area contributed by atoms with Crippen molar-refractivity contribution in [1.29, 1.82) is 0 Å². The first-order valence-electron chi connectivity index (χ1n) is 6.76.